The van der Waals surface area contributed by atoms with Crippen molar-refractivity contribution in [3.05, 3.63) is 34.9 Å². The number of hydrogen-bond acceptors (Lipinski definition) is 2. The van der Waals surface area contributed by atoms with Crippen LogP contribution in [0.5, 0.6) is 0 Å². The minimum atomic E-state index is 0.140. The van der Waals surface area contributed by atoms with Crippen molar-refractivity contribution in [3.8, 4) is 0 Å². The minimum Gasteiger partial charge on any atom is -0.306 e. The summed E-state index contributed by atoms with van der Waals surface area (Å²) in [6.45, 7) is 1.94. The van der Waals surface area contributed by atoms with Crippen molar-refractivity contribution in [1.29, 1.82) is 0 Å². The average Bonchev–Trinajstić information content (AvgIpc) is 2.31. The Morgan fingerprint density at radius 3 is 2.72 bits per heavy atom. The van der Waals surface area contributed by atoms with Crippen molar-refractivity contribution in [2.45, 2.75) is 25.7 Å². The number of rotatable bonds is 6. The molecule has 0 amide bonds. The predicted octanol–water partition coefficient (Wildman–Crippen LogP) is 3.64. The highest BCUT2D eigenvalue weighted by atomic mass is 35.5. The lowest BCUT2D eigenvalue weighted by Crippen LogP contribution is -2.31. The number of hydrogen-bond donors (Lipinski definition) is 0. The van der Waals surface area contributed by atoms with Crippen LogP contribution in [0.3, 0.4) is 0 Å². The second kappa shape index (κ2) is 6.35. The smallest absolute Gasteiger partial charge is 0.165 e. The molecule has 0 saturated heterocycles. The molecule has 18 heavy (non-hydrogen) atoms. The summed E-state index contributed by atoms with van der Waals surface area (Å²) in [6, 6.07) is 7.28. The molecule has 1 aromatic rings. The van der Waals surface area contributed by atoms with E-state index in [0.717, 1.165) is 19.0 Å². The van der Waals surface area contributed by atoms with Gasteiger partial charge in [-0.25, -0.2) is 0 Å². The zero-order valence-corrected chi connectivity index (χ0v) is 11.6. The van der Waals surface area contributed by atoms with E-state index in [1.807, 2.05) is 12.1 Å². The first-order chi connectivity index (χ1) is 8.66. The minimum absolute atomic E-state index is 0.140. The lowest BCUT2D eigenvalue weighted by atomic mass is 9.85. The second-order valence-corrected chi connectivity index (χ2v) is 5.62. The highest BCUT2D eigenvalue weighted by molar-refractivity contribution is 6.33. The van der Waals surface area contributed by atoms with Gasteiger partial charge in [0.2, 0.25) is 0 Å². The fourth-order valence-corrected chi connectivity index (χ4v) is 2.56. The van der Waals surface area contributed by atoms with Gasteiger partial charge in [0.25, 0.3) is 0 Å². The van der Waals surface area contributed by atoms with Gasteiger partial charge < -0.3 is 4.90 Å². The largest absolute Gasteiger partial charge is 0.306 e. The molecule has 2 nitrogen and oxygen atoms in total. The first-order valence-corrected chi connectivity index (χ1v) is 7.01. The number of carbonyl (C=O) groups is 1. The second-order valence-electron chi connectivity index (χ2n) is 5.21. The van der Waals surface area contributed by atoms with Crippen LogP contribution in [0.1, 0.15) is 36.0 Å². The van der Waals surface area contributed by atoms with E-state index in [1.54, 1.807) is 12.1 Å². The predicted molar refractivity (Wildman–Crippen MR) is 75.2 cm³/mol. The third kappa shape index (κ3) is 3.56. The molecule has 0 aromatic heterocycles. The number of nitrogens with zero attached hydrogens (tertiary/aromatic N) is 1. The van der Waals surface area contributed by atoms with Gasteiger partial charge in [-0.3, -0.25) is 4.79 Å². The molecule has 3 heteroatoms. The number of carbonyl (C=O) groups excluding carboxylic acids is 1. The van der Waals surface area contributed by atoms with Gasteiger partial charge in [0.05, 0.1) is 5.02 Å². The molecule has 0 heterocycles. The molecule has 1 aliphatic carbocycles. The zero-order valence-electron chi connectivity index (χ0n) is 10.9. The van der Waals surface area contributed by atoms with E-state index < -0.39 is 0 Å². The Bertz CT molecular complexity index is 415. The van der Waals surface area contributed by atoms with Crippen LogP contribution in [-0.4, -0.2) is 30.8 Å². The number of halogens is 1. The van der Waals surface area contributed by atoms with E-state index in [9.17, 15) is 4.79 Å². The number of benzene rings is 1. The van der Waals surface area contributed by atoms with E-state index >= 15 is 0 Å². The molecule has 98 valence electrons. The summed E-state index contributed by atoms with van der Waals surface area (Å²) in [6.07, 6.45) is 4.62. The van der Waals surface area contributed by atoms with Crippen LogP contribution >= 0.6 is 11.6 Å². The highest BCUT2D eigenvalue weighted by Gasteiger charge is 2.19. The van der Waals surface area contributed by atoms with E-state index in [0.29, 0.717) is 17.0 Å². The summed E-state index contributed by atoms with van der Waals surface area (Å²) >= 11 is 6.02. The topological polar surface area (TPSA) is 20.3 Å². The van der Waals surface area contributed by atoms with Crippen LogP contribution in [-0.2, 0) is 0 Å². The molecular weight excluding hydrogens is 246 g/mol. The fourth-order valence-electron chi connectivity index (χ4n) is 2.32. The van der Waals surface area contributed by atoms with Crippen LogP contribution in [0.4, 0.5) is 0 Å². The van der Waals surface area contributed by atoms with E-state index in [2.05, 4.69) is 11.9 Å². The summed E-state index contributed by atoms with van der Waals surface area (Å²) in [5, 5.41) is 0.559. The number of ketones is 1. The van der Waals surface area contributed by atoms with Crippen molar-refractivity contribution < 1.29 is 4.79 Å². The van der Waals surface area contributed by atoms with Crippen LogP contribution in [0.15, 0.2) is 24.3 Å². The summed E-state index contributed by atoms with van der Waals surface area (Å²) < 4.78 is 0. The molecule has 1 aromatic carbocycles. The Balaban J connectivity index is 1.79. The molecule has 0 N–H and O–H groups in total. The van der Waals surface area contributed by atoms with Gasteiger partial charge in [-0.05, 0) is 37.9 Å². The zero-order chi connectivity index (χ0) is 13.0. The standard InChI is InChI=1S/C15H20ClNO/c1-17(11-12-5-4-6-12)10-9-15(18)13-7-2-3-8-14(13)16/h2-3,7-8,12H,4-6,9-11H2,1H3. The van der Waals surface area contributed by atoms with Crippen molar-refractivity contribution >= 4 is 17.4 Å². The van der Waals surface area contributed by atoms with Crippen molar-refractivity contribution in [1.82, 2.24) is 4.90 Å². The number of Topliss-reactive ketones (excluding diaryl/α,β-unsaturated/α-hetero) is 1. The van der Waals surface area contributed by atoms with Gasteiger partial charge in [0, 0.05) is 25.1 Å². The van der Waals surface area contributed by atoms with Crippen LogP contribution in [0.25, 0.3) is 0 Å². The molecule has 0 aliphatic heterocycles. The quantitative estimate of drug-likeness (QED) is 0.732. The fraction of sp³-hybridized carbons (Fsp3) is 0.533. The van der Waals surface area contributed by atoms with Crippen molar-refractivity contribution in [3.63, 3.8) is 0 Å². The Hall–Kier alpha value is -0.860. The molecular formula is C15H20ClNO. The van der Waals surface area contributed by atoms with Gasteiger partial charge >= 0.3 is 0 Å². The van der Waals surface area contributed by atoms with E-state index in [4.69, 9.17) is 11.6 Å². The first kappa shape index (κ1) is 13.6. The lowest BCUT2D eigenvalue weighted by molar-refractivity contribution is 0.0961. The average molecular weight is 266 g/mol. The van der Waals surface area contributed by atoms with Crippen LogP contribution < -0.4 is 0 Å². The monoisotopic (exact) mass is 265 g/mol. The summed E-state index contributed by atoms with van der Waals surface area (Å²) in [5.74, 6) is 0.992. The molecule has 2 rings (SSSR count). The molecule has 1 saturated carbocycles. The highest BCUT2D eigenvalue weighted by Crippen LogP contribution is 2.26. The molecule has 0 bridgehead atoms. The normalized spacial score (nSPS) is 15.7. The van der Waals surface area contributed by atoms with Gasteiger partial charge in [-0.2, -0.15) is 0 Å². The Morgan fingerprint density at radius 1 is 1.39 bits per heavy atom. The maximum atomic E-state index is 12.0. The first-order valence-electron chi connectivity index (χ1n) is 6.63. The maximum absolute atomic E-state index is 12.0. The van der Waals surface area contributed by atoms with Gasteiger partial charge in [-0.15, -0.1) is 0 Å². The third-order valence-electron chi connectivity index (χ3n) is 3.69. The Morgan fingerprint density at radius 2 is 2.11 bits per heavy atom. The SMILES string of the molecule is CN(CCC(=O)c1ccccc1Cl)CC1CCC1. The summed E-state index contributed by atoms with van der Waals surface area (Å²) in [5.41, 5.74) is 0.649. The Labute approximate surface area is 114 Å². The van der Waals surface area contributed by atoms with Crippen LogP contribution in [0.2, 0.25) is 5.02 Å². The maximum Gasteiger partial charge on any atom is 0.165 e. The van der Waals surface area contributed by atoms with E-state index in [-0.39, 0.29) is 5.78 Å². The summed E-state index contributed by atoms with van der Waals surface area (Å²) in [7, 11) is 2.10. The van der Waals surface area contributed by atoms with Crippen molar-refractivity contribution in [2.75, 3.05) is 20.1 Å². The molecule has 1 aliphatic rings. The lowest BCUT2D eigenvalue weighted by Gasteiger charge is -2.30. The molecule has 0 atom stereocenters. The molecule has 0 radical (unpaired) electrons. The third-order valence-corrected chi connectivity index (χ3v) is 4.02. The van der Waals surface area contributed by atoms with E-state index in [1.165, 1.54) is 19.3 Å². The van der Waals surface area contributed by atoms with Crippen molar-refractivity contribution in [2.24, 2.45) is 5.92 Å². The molecule has 0 unspecified atom stereocenters. The Kier molecular flexibility index (Phi) is 4.79. The van der Waals surface area contributed by atoms with Gasteiger partial charge in [0.1, 0.15) is 0 Å². The molecule has 0 spiro atoms. The van der Waals surface area contributed by atoms with Gasteiger partial charge in [0.15, 0.2) is 5.78 Å². The summed E-state index contributed by atoms with van der Waals surface area (Å²) in [4.78, 5) is 14.3. The molecule has 1 fully saturated rings. The van der Waals surface area contributed by atoms with Crippen LogP contribution in [0, 0.1) is 5.92 Å². The van der Waals surface area contributed by atoms with Gasteiger partial charge in [-0.1, -0.05) is 30.2 Å².